The Labute approximate surface area is 150 Å². The molecule has 1 N–H and O–H groups in total. The molecule has 1 atom stereocenters. The number of carbonyl (C=O) groups excluding carboxylic acids is 1. The van der Waals surface area contributed by atoms with E-state index in [9.17, 15) is 4.79 Å². The summed E-state index contributed by atoms with van der Waals surface area (Å²) in [5, 5.41) is 3.94. The Bertz CT molecular complexity index is 942. The van der Waals surface area contributed by atoms with E-state index >= 15 is 0 Å². The fraction of sp³-hybridized carbons (Fsp3) is 0.444. The van der Waals surface area contributed by atoms with Gasteiger partial charge in [-0.2, -0.15) is 0 Å². The maximum atomic E-state index is 12.9. The molecule has 1 aliphatic heterocycles. The first-order valence-electron chi connectivity index (χ1n) is 8.67. The van der Waals surface area contributed by atoms with E-state index in [1.165, 1.54) is 0 Å². The van der Waals surface area contributed by atoms with Gasteiger partial charge in [-0.15, -0.1) is 0 Å². The summed E-state index contributed by atoms with van der Waals surface area (Å²) in [4.78, 5) is 26.4. The molecule has 4 heterocycles. The van der Waals surface area contributed by atoms with E-state index in [0.29, 0.717) is 36.4 Å². The molecule has 0 aliphatic carbocycles. The van der Waals surface area contributed by atoms with Gasteiger partial charge >= 0.3 is 0 Å². The summed E-state index contributed by atoms with van der Waals surface area (Å²) in [5.74, 6) is 1.50. The lowest BCUT2D eigenvalue weighted by Crippen LogP contribution is -2.30. The van der Waals surface area contributed by atoms with Crippen LogP contribution >= 0.6 is 0 Å². The van der Waals surface area contributed by atoms with Crippen molar-refractivity contribution >= 4 is 17.1 Å². The lowest BCUT2D eigenvalue weighted by molar-refractivity contribution is 0.0430. The summed E-state index contributed by atoms with van der Waals surface area (Å²) >= 11 is 0. The van der Waals surface area contributed by atoms with Crippen molar-refractivity contribution in [3.63, 3.8) is 0 Å². The minimum absolute atomic E-state index is 0.00785. The van der Waals surface area contributed by atoms with E-state index in [0.717, 1.165) is 29.3 Å². The molecule has 0 aromatic carbocycles. The number of nitrogens with one attached hydrogen (secondary N) is 1. The number of imidazole rings is 1. The quantitative estimate of drug-likeness (QED) is 0.771. The lowest BCUT2D eigenvalue weighted by Gasteiger charge is -2.17. The van der Waals surface area contributed by atoms with Crippen molar-refractivity contribution in [2.75, 3.05) is 13.1 Å². The SMILES string of the molecule is Cc1nc2nccc(C(=O)N3CCC(OCc4c(C)noc4C)C3)c2[nH]1. The first kappa shape index (κ1) is 16.7. The van der Waals surface area contributed by atoms with Crippen LogP contribution in [0.4, 0.5) is 0 Å². The average Bonchev–Trinajstić information content (AvgIpc) is 3.31. The van der Waals surface area contributed by atoms with Crippen molar-refractivity contribution in [1.29, 1.82) is 0 Å². The normalized spacial score (nSPS) is 17.3. The van der Waals surface area contributed by atoms with Crippen LogP contribution in [0.25, 0.3) is 11.2 Å². The van der Waals surface area contributed by atoms with Crippen LogP contribution in [0.3, 0.4) is 0 Å². The zero-order valence-corrected chi connectivity index (χ0v) is 15.1. The number of aromatic nitrogens is 4. The van der Waals surface area contributed by atoms with Gasteiger partial charge < -0.3 is 19.1 Å². The highest BCUT2D eigenvalue weighted by molar-refractivity contribution is 6.04. The molecule has 0 radical (unpaired) electrons. The van der Waals surface area contributed by atoms with Gasteiger partial charge in [-0.3, -0.25) is 4.79 Å². The summed E-state index contributed by atoms with van der Waals surface area (Å²) in [6.07, 6.45) is 2.44. The number of carbonyl (C=O) groups is 1. The van der Waals surface area contributed by atoms with Crippen LogP contribution in [0.5, 0.6) is 0 Å². The van der Waals surface area contributed by atoms with E-state index < -0.39 is 0 Å². The molecule has 0 bridgehead atoms. The Morgan fingerprint density at radius 3 is 3.04 bits per heavy atom. The minimum Gasteiger partial charge on any atom is -0.371 e. The number of amides is 1. The molecule has 4 rings (SSSR count). The van der Waals surface area contributed by atoms with Crippen LogP contribution in [0, 0.1) is 20.8 Å². The maximum absolute atomic E-state index is 12.9. The van der Waals surface area contributed by atoms with Crippen molar-refractivity contribution in [1.82, 2.24) is 25.0 Å². The summed E-state index contributed by atoms with van der Waals surface area (Å²) in [5.41, 5.74) is 3.69. The number of aromatic amines is 1. The van der Waals surface area contributed by atoms with Crippen LogP contribution in [0.2, 0.25) is 0 Å². The van der Waals surface area contributed by atoms with Gasteiger partial charge in [-0.25, -0.2) is 9.97 Å². The second-order valence-electron chi connectivity index (χ2n) is 6.65. The number of ether oxygens (including phenoxy) is 1. The van der Waals surface area contributed by atoms with E-state index in [1.807, 2.05) is 25.7 Å². The molecule has 0 spiro atoms. The molecule has 3 aromatic heterocycles. The highest BCUT2D eigenvalue weighted by atomic mass is 16.5. The highest BCUT2D eigenvalue weighted by Crippen LogP contribution is 2.22. The number of nitrogens with zero attached hydrogens (tertiary/aromatic N) is 4. The second-order valence-corrected chi connectivity index (χ2v) is 6.65. The number of hydrogen-bond donors (Lipinski definition) is 1. The van der Waals surface area contributed by atoms with E-state index in [-0.39, 0.29) is 12.0 Å². The Morgan fingerprint density at radius 2 is 2.27 bits per heavy atom. The fourth-order valence-electron chi connectivity index (χ4n) is 3.33. The van der Waals surface area contributed by atoms with E-state index in [2.05, 4.69) is 20.1 Å². The van der Waals surface area contributed by atoms with E-state index in [1.54, 1.807) is 12.3 Å². The number of hydrogen-bond acceptors (Lipinski definition) is 6. The lowest BCUT2D eigenvalue weighted by atomic mass is 10.2. The molecule has 1 unspecified atom stereocenters. The third-order valence-corrected chi connectivity index (χ3v) is 4.82. The number of H-pyrrole nitrogens is 1. The zero-order chi connectivity index (χ0) is 18.3. The molecule has 3 aromatic rings. The van der Waals surface area contributed by atoms with Gasteiger partial charge in [0.1, 0.15) is 11.6 Å². The van der Waals surface area contributed by atoms with Crippen LogP contribution in [0.1, 0.15) is 39.6 Å². The number of fused-ring (bicyclic) bond motifs is 1. The van der Waals surface area contributed by atoms with Gasteiger partial charge in [0.2, 0.25) is 0 Å². The number of pyridine rings is 1. The van der Waals surface area contributed by atoms with Gasteiger partial charge in [-0.1, -0.05) is 5.16 Å². The third kappa shape index (κ3) is 2.96. The molecule has 8 heteroatoms. The van der Waals surface area contributed by atoms with Gasteiger partial charge in [0.15, 0.2) is 5.65 Å². The largest absolute Gasteiger partial charge is 0.371 e. The van der Waals surface area contributed by atoms with Crippen LogP contribution < -0.4 is 0 Å². The molecule has 1 aliphatic rings. The minimum atomic E-state index is -0.0236. The highest BCUT2D eigenvalue weighted by Gasteiger charge is 2.29. The molecule has 1 amide bonds. The maximum Gasteiger partial charge on any atom is 0.256 e. The molecule has 0 saturated carbocycles. The van der Waals surface area contributed by atoms with Gasteiger partial charge in [0.25, 0.3) is 5.91 Å². The van der Waals surface area contributed by atoms with Gasteiger partial charge in [-0.05, 0) is 33.3 Å². The first-order valence-corrected chi connectivity index (χ1v) is 8.67. The van der Waals surface area contributed by atoms with Crippen molar-refractivity contribution in [3.8, 4) is 0 Å². The number of rotatable bonds is 4. The average molecular weight is 355 g/mol. The Kier molecular flexibility index (Phi) is 4.20. The summed E-state index contributed by atoms with van der Waals surface area (Å²) in [6.45, 7) is 7.32. The monoisotopic (exact) mass is 355 g/mol. The summed E-state index contributed by atoms with van der Waals surface area (Å²) in [6, 6.07) is 1.74. The van der Waals surface area contributed by atoms with Crippen LogP contribution in [-0.2, 0) is 11.3 Å². The van der Waals surface area contributed by atoms with Gasteiger partial charge in [0.05, 0.1) is 29.5 Å². The summed E-state index contributed by atoms with van der Waals surface area (Å²) < 4.78 is 11.2. The number of aryl methyl sites for hydroxylation is 3. The molecule has 1 saturated heterocycles. The standard InChI is InChI=1S/C18H21N5O3/c1-10-15(11(2)26-22-10)9-25-13-5-7-23(8-13)18(24)14-4-6-19-17-16(14)20-12(3)21-17/h4,6,13H,5,7-9H2,1-3H3,(H,19,20,21). The third-order valence-electron chi connectivity index (χ3n) is 4.82. The molecule has 136 valence electrons. The molecule has 1 fully saturated rings. The van der Waals surface area contributed by atoms with E-state index in [4.69, 9.17) is 9.26 Å². The van der Waals surface area contributed by atoms with Crippen LogP contribution in [-0.4, -0.2) is 50.1 Å². The number of likely N-dealkylation sites (tertiary alicyclic amines) is 1. The molecular formula is C18H21N5O3. The molecular weight excluding hydrogens is 334 g/mol. The van der Waals surface area contributed by atoms with Gasteiger partial charge in [0, 0.05) is 24.8 Å². The van der Waals surface area contributed by atoms with Crippen molar-refractivity contribution in [3.05, 3.63) is 40.7 Å². The smallest absolute Gasteiger partial charge is 0.256 e. The van der Waals surface area contributed by atoms with Crippen molar-refractivity contribution in [2.45, 2.75) is 39.9 Å². The second kappa shape index (κ2) is 6.53. The van der Waals surface area contributed by atoms with Crippen LogP contribution in [0.15, 0.2) is 16.8 Å². The topological polar surface area (TPSA) is 97.1 Å². The molecule has 8 nitrogen and oxygen atoms in total. The Hall–Kier alpha value is -2.74. The van der Waals surface area contributed by atoms with Crippen molar-refractivity contribution in [2.24, 2.45) is 0 Å². The van der Waals surface area contributed by atoms with Crippen molar-refractivity contribution < 1.29 is 14.1 Å². The Morgan fingerprint density at radius 1 is 1.42 bits per heavy atom. The first-order chi connectivity index (χ1) is 12.5. The zero-order valence-electron chi connectivity index (χ0n) is 15.1. The fourth-order valence-corrected chi connectivity index (χ4v) is 3.33. The Balaban J connectivity index is 1.44. The predicted molar refractivity (Wildman–Crippen MR) is 93.7 cm³/mol. The predicted octanol–water partition coefficient (Wildman–Crippen LogP) is 2.30. The summed E-state index contributed by atoms with van der Waals surface area (Å²) in [7, 11) is 0. The molecule has 26 heavy (non-hydrogen) atoms.